The van der Waals surface area contributed by atoms with Crippen molar-refractivity contribution in [3.8, 4) is 0 Å². The Morgan fingerprint density at radius 2 is 1.80 bits per heavy atom. The molecule has 0 heterocycles. The predicted octanol–water partition coefficient (Wildman–Crippen LogP) is 1.35. The summed E-state index contributed by atoms with van der Waals surface area (Å²) in [5, 5.41) is 9.16. The Kier molecular flexibility index (Phi) is 8.21. The molecule has 0 aliphatic rings. The summed E-state index contributed by atoms with van der Waals surface area (Å²) >= 11 is 0. The number of hydrogen-bond donors (Lipinski definition) is 1. The minimum atomic E-state index is -2.56. The van der Waals surface area contributed by atoms with Crippen LogP contribution < -0.4 is 0 Å². The van der Waals surface area contributed by atoms with Gasteiger partial charge in [-0.2, -0.15) is 0 Å². The second kappa shape index (κ2) is 8.20. The van der Waals surface area contributed by atoms with E-state index in [0.29, 0.717) is 6.42 Å². The van der Waals surface area contributed by atoms with Crippen LogP contribution in [0.25, 0.3) is 0 Å². The van der Waals surface area contributed by atoms with Gasteiger partial charge in [0.25, 0.3) is 0 Å². The van der Waals surface area contributed by atoms with Crippen LogP contribution in [-0.2, 0) is 18.0 Å². The highest BCUT2D eigenvalue weighted by atomic mass is 28.4. The van der Waals surface area contributed by atoms with Crippen molar-refractivity contribution in [2.75, 3.05) is 21.0 Å². The summed E-state index contributed by atoms with van der Waals surface area (Å²) in [4.78, 5) is 0. The molecule has 1 N–H and O–H groups in total. The van der Waals surface area contributed by atoms with E-state index in [-0.39, 0.29) is 6.79 Å². The van der Waals surface area contributed by atoms with Gasteiger partial charge in [-0.15, -0.1) is 0 Å². The fourth-order valence-corrected chi connectivity index (χ4v) is 2.92. The zero-order valence-corrected chi connectivity index (χ0v) is 11.0. The summed E-state index contributed by atoms with van der Waals surface area (Å²) in [5.74, 6) is 0. The minimum absolute atomic E-state index is 0.00289. The molecule has 0 bridgehead atoms. The van der Waals surface area contributed by atoms with Crippen molar-refractivity contribution < 1.29 is 23.1 Å². The maximum atomic E-state index is 9.16. The van der Waals surface area contributed by atoms with Crippen LogP contribution in [0.15, 0.2) is 0 Å². The molecule has 0 rings (SSSR count). The first kappa shape index (κ1) is 15.0. The van der Waals surface area contributed by atoms with Gasteiger partial charge in [-0.3, -0.25) is 0 Å². The van der Waals surface area contributed by atoms with E-state index in [4.69, 9.17) is 23.1 Å². The lowest BCUT2D eigenvalue weighted by molar-refractivity contribution is -0.156. The molecule has 1 atom stereocenters. The largest absolute Gasteiger partial charge is 0.502 e. The Labute approximate surface area is 92.7 Å². The van der Waals surface area contributed by atoms with Gasteiger partial charge in [0, 0.05) is 20.3 Å². The monoisotopic (exact) mass is 238 g/mol. The molecular formula is C9H22O5Si. The molecule has 0 spiro atoms. The van der Waals surface area contributed by atoms with Gasteiger partial charge in [0.05, 0.1) is 0 Å². The van der Waals surface area contributed by atoms with Crippen LogP contribution in [-0.4, -0.2) is 41.2 Å². The van der Waals surface area contributed by atoms with E-state index in [1.807, 2.05) is 13.8 Å². The zero-order chi connectivity index (χ0) is 11.7. The van der Waals surface area contributed by atoms with Crippen molar-refractivity contribution in [1.29, 1.82) is 0 Å². The Morgan fingerprint density at radius 3 is 2.20 bits per heavy atom. The van der Waals surface area contributed by atoms with Gasteiger partial charge in [-0.25, -0.2) is 0 Å². The van der Waals surface area contributed by atoms with Crippen molar-refractivity contribution in [2.45, 2.75) is 39.0 Å². The molecule has 92 valence electrons. The summed E-state index contributed by atoms with van der Waals surface area (Å²) in [5.41, 5.74) is 0. The van der Waals surface area contributed by atoms with Gasteiger partial charge < -0.3 is 23.1 Å². The maximum absolute atomic E-state index is 9.16. The third-order valence-corrected chi connectivity index (χ3v) is 4.98. The molecule has 0 aromatic rings. The average Bonchev–Trinajstić information content (AvgIpc) is 2.27. The lowest BCUT2D eigenvalue weighted by Crippen LogP contribution is -2.44. The fourth-order valence-electron chi connectivity index (χ4n) is 1.10. The molecular weight excluding hydrogens is 216 g/mol. The van der Waals surface area contributed by atoms with Gasteiger partial charge in [0.15, 0.2) is 6.29 Å². The predicted molar refractivity (Wildman–Crippen MR) is 58.2 cm³/mol. The molecule has 0 radical (unpaired) electrons. The van der Waals surface area contributed by atoms with E-state index in [1.165, 1.54) is 0 Å². The molecule has 0 amide bonds. The Hall–Kier alpha value is 0.0169. The van der Waals surface area contributed by atoms with Crippen LogP contribution in [0.3, 0.4) is 0 Å². The third kappa shape index (κ3) is 5.60. The van der Waals surface area contributed by atoms with E-state index >= 15 is 0 Å². The molecule has 0 aromatic heterocycles. The van der Waals surface area contributed by atoms with Crippen LogP contribution >= 0.6 is 0 Å². The molecule has 15 heavy (non-hydrogen) atoms. The van der Waals surface area contributed by atoms with Crippen LogP contribution in [0, 0.1) is 0 Å². The lowest BCUT2D eigenvalue weighted by atomic mass is 10.5. The standard InChI is InChI=1S/C9H22O5Si/c1-5-7-15(11-3,12-4)14-8-13-9(10)6-2/h9-10H,5-8H2,1-4H3. The van der Waals surface area contributed by atoms with Crippen molar-refractivity contribution >= 4 is 8.80 Å². The molecule has 0 aliphatic carbocycles. The third-order valence-electron chi connectivity index (χ3n) is 2.07. The smallest absolute Gasteiger partial charge is 0.377 e. The fraction of sp³-hybridized carbons (Fsp3) is 1.00. The van der Waals surface area contributed by atoms with Crippen LogP contribution in [0.5, 0.6) is 0 Å². The van der Waals surface area contributed by atoms with Crippen LogP contribution in [0.1, 0.15) is 26.7 Å². The summed E-state index contributed by atoms with van der Waals surface area (Å²) in [7, 11) is 0.583. The van der Waals surface area contributed by atoms with E-state index in [1.54, 1.807) is 14.2 Å². The van der Waals surface area contributed by atoms with Gasteiger partial charge >= 0.3 is 8.80 Å². The number of hydrogen-bond acceptors (Lipinski definition) is 5. The van der Waals surface area contributed by atoms with Gasteiger partial charge in [0.1, 0.15) is 6.79 Å². The van der Waals surface area contributed by atoms with Crippen molar-refractivity contribution in [3.05, 3.63) is 0 Å². The first-order valence-electron chi connectivity index (χ1n) is 5.18. The van der Waals surface area contributed by atoms with Crippen molar-refractivity contribution in [2.24, 2.45) is 0 Å². The molecule has 0 saturated carbocycles. The van der Waals surface area contributed by atoms with Crippen molar-refractivity contribution in [3.63, 3.8) is 0 Å². The Bertz CT molecular complexity index is 151. The highest BCUT2D eigenvalue weighted by Crippen LogP contribution is 2.15. The Balaban J connectivity index is 3.94. The number of aliphatic hydroxyl groups is 1. The lowest BCUT2D eigenvalue weighted by Gasteiger charge is -2.26. The summed E-state index contributed by atoms with van der Waals surface area (Å²) in [6.45, 7) is 3.86. The Morgan fingerprint density at radius 1 is 1.20 bits per heavy atom. The van der Waals surface area contributed by atoms with Crippen molar-refractivity contribution in [1.82, 2.24) is 0 Å². The normalized spacial score (nSPS) is 14.2. The van der Waals surface area contributed by atoms with E-state index in [0.717, 1.165) is 12.5 Å². The quantitative estimate of drug-likeness (QED) is 0.485. The maximum Gasteiger partial charge on any atom is 0.502 e. The average molecular weight is 238 g/mol. The topological polar surface area (TPSA) is 57.2 Å². The van der Waals surface area contributed by atoms with Crippen LogP contribution in [0.4, 0.5) is 0 Å². The molecule has 0 fully saturated rings. The highest BCUT2D eigenvalue weighted by Gasteiger charge is 2.38. The minimum Gasteiger partial charge on any atom is -0.377 e. The molecule has 5 nitrogen and oxygen atoms in total. The molecule has 1 unspecified atom stereocenters. The molecule has 0 aliphatic heterocycles. The molecule has 6 heteroatoms. The zero-order valence-electron chi connectivity index (χ0n) is 9.99. The van der Waals surface area contributed by atoms with Crippen LogP contribution in [0.2, 0.25) is 6.04 Å². The number of rotatable bonds is 9. The number of aliphatic hydroxyl groups excluding tert-OH is 1. The highest BCUT2D eigenvalue weighted by molar-refractivity contribution is 6.60. The first-order valence-corrected chi connectivity index (χ1v) is 7.11. The van der Waals surface area contributed by atoms with Gasteiger partial charge in [-0.05, 0) is 6.42 Å². The SMILES string of the molecule is CCC[Si](OC)(OC)OCOC(O)CC. The molecule has 0 aromatic carbocycles. The van der Waals surface area contributed by atoms with E-state index < -0.39 is 15.1 Å². The van der Waals surface area contributed by atoms with Gasteiger partial charge in [0.2, 0.25) is 0 Å². The van der Waals surface area contributed by atoms with E-state index in [2.05, 4.69) is 0 Å². The van der Waals surface area contributed by atoms with Gasteiger partial charge in [-0.1, -0.05) is 20.3 Å². The second-order valence-electron chi connectivity index (χ2n) is 3.13. The number of ether oxygens (including phenoxy) is 1. The second-order valence-corrected chi connectivity index (χ2v) is 6.10. The summed E-state index contributed by atoms with van der Waals surface area (Å²) < 4.78 is 21.0. The van der Waals surface area contributed by atoms with E-state index in [9.17, 15) is 0 Å². The first-order chi connectivity index (χ1) is 7.14. The summed E-state index contributed by atoms with van der Waals surface area (Å²) in [6.07, 6.45) is 0.669. The summed E-state index contributed by atoms with van der Waals surface area (Å²) in [6, 6.07) is 0.742. The molecule has 0 saturated heterocycles.